The van der Waals surface area contributed by atoms with Crippen molar-refractivity contribution in [1.82, 2.24) is 5.32 Å². The fourth-order valence-corrected chi connectivity index (χ4v) is 6.48. The Kier molecular flexibility index (Phi) is 6.34. The molecule has 4 N–H and O–H groups in total. The molecule has 1 aliphatic carbocycles. The summed E-state index contributed by atoms with van der Waals surface area (Å²) >= 11 is 0. The normalized spacial score (nSPS) is 16.2. The zero-order valence-corrected chi connectivity index (χ0v) is 23.6. The van der Waals surface area contributed by atoms with Gasteiger partial charge in [0.25, 0.3) is 0 Å². The molecule has 1 heterocycles. The summed E-state index contributed by atoms with van der Waals surface area (Å²) in [5, 5.41) is 9.73. The molecule has 0 fully saturated rings. The average molecular weight is 534 g/mol. The number of fused-ring (bicyclic) bond motifs is 5. The van der Waals surface area contributed by atoms with E-state index in [2.05, 4.69) is 134 Å². The van der Waals surface area contributed by atoms with Crippen molar-refractivity contribution in [2.75, 3.05) is 11.9 Å². The van der Waals surface area contributed by atoms with Crippen molar-refractivity contribution in [3.05, 3.63) is 149 Å². The van der Waals surface area contributed by atoms with E-state index in [1.807, 2.05) is 18.2 Å². The monoisotopic (exact) mass is 533 g/mol. The molecular formula is C38H35N3. The van der Waals surface area contributed by atoms with Gasteiger partial charge in [-0.3, -0.25) is 5.32 Å². The van der Waals surface area contributed by atoms with E-state index in [0.29, 0.717) is 0 Å². The van der Waals surface area contributed by atoms with Crippen LogP contribution in [0.5, 0.6) is 0 Å². The van der Waals surface area contributed by atoms with Crippen molar-refractivity contribution >= 4 is 28.6 Å². The van der Waals surface area contributed by atoms with E-state index in [4.69, 9.17) is 5.73 Å². The van der Waals surface area contributed by atoms with Crippen LogP contribution in [-0.4, -0.2) is 6.54 Å². The molecule has 0 bridgehead atoms. The van der Waals surface area contributed by atoms with E-state index in [0.717, 1.165) is 12.1 Å². The van der Waals surface area contributed by atoms with Crippen LogP contribution in [0, 0.1) is 0 Å². The van der Waals surface area contributed by atoms with Crippen LogP contribution in [0.2, 0.25) is 0 Å². The molecule has 202 valence electrons. The van der Waals surface area contributed by atoms with Gasteiger partial charge in [0.1, 0.15) is 0 Å². The third-order valence-corrected chi connectivity index (χ3v) is 8.73. The van der Waals surface area contributed by atoms with Gasteiger partial charge in [-0.25, -0.2) is 0 Å². The van der Waals surface area contributed by atoms with E-state index >= 15 is 0 Å². The molecule has 2 aliphatic rings. The highest BCUT2D eigenvalue weighted by Gasteiger charge is 2.36. The highest BCUT2D eigenvalue weighted by molar-refractivity contribution is 5.95. The maximum Gasteiger partial charge on any atom is 0.0817 e. The first-order valence-corrected chi connectivity index (χ1v) is 14.5. The first-order valence-electron chi connectivity index (χ1n) is 14.5. The Morgan fingerprint density at radius 3 is 2.41 bits per heavy atom. The van der Waals surface area contributed by atoms with E-state index in [1.54, 1.807) is 0 Å². The highest BCUT2D eigenvalue weighted by atomic mass is 15.0. The van der Waals surface area contributed by atoms with Crippen molar-refractivity contribution in [2.24, 2.45) is 5.73 Å². The van der Waals surface area contributed by atoms with Crippen LogP contribution in [0.1, 0.15) is 59.4 Å². The second-order valence-electron chi connectivity index (χ2n) is 11.7. The van der Waals surface area contributed by atoms with Crippen molar-refractivity contribution in [1.29, 1.82) is 0 Å². The van der Waals surface area contributed by atoms with Gasteiger partial charge in [-0.1, -0.05) is 117 Å². The molecule has 2 unspecified atom stereocenters. The van der Waals surface area contributed by atoms with Crippen molar-refractivity contribution in [3.8, 4) is 11.1 Å². The number of hydrogen-bond acceptors (Lipinski definition) is 3. The second-order valence-corrected chi connectivity index (χ2v) is 11.7. The van der Waals surface area contributed by atoms with Gasteiger partial charge in [0.15, 0.2) is 0 Å². The molecule has 0 saturated heterocycles. The van der Waals surface area contributed by atoms with Gasteiger partial charge < -0.3 is 11.1 Å². The molecule has 5 aromatic carbocycles. The average Bonchev–Trinajstić information content (AvgIpc) is 3.24. The van der Waals surface area contributed by atoms with Gasteiger partial charge in [0.05, 0.1) is 12.2 Å². The van der Waals surface area contributed by atoms with Gasteiger partial charge in [0.2, 0.25) is 0 Å². The Morgan fingerprint density at radius 2 is 1.59 bits per heavy atom. The zero-order valence-electron chi connectivity index (χ0n) is 23.6. The molecule has 2 atom stereocenters. The summed E-state index contributed by atoms with van der Waals surface area (Å²) in [4.78, 5) is 0. The van der Waals surface area contributed by atoms with Gasteiger partial charge in [-0.2, -0.15) is 0 Å². The SMILES string of the molecule is CC1(C)c2cc3ccccc3cc2-c2c(/C=C/C(NC(N)c3ccccc3)c3ccc4c(c3)C=CCN4)cccc21. The fraction of sp³-hybridized carbons (Fsp3) is 0.158. The smallest absolute Gasteiger partial charge is 0.0817 e. The summed E-state index contributed by atoms with van der Waals surface area (Å²) in [6.45, 7) is 5.55. The Labute approximate surface area is 242 Å². The van der Waals surface area contributed by atoms with Gasteiger partial charge in [-0.05, 0) is 79.5 Å². The molecule has 5 aromatic rings. The van der Waals surface area contributed by atoms with Crippen LogP contribution in [0.15, 0.2) is 115 Å². The van der Waals surface area contributed by atoms with Crippen LogP contribution in [0.25, 0.3) is 34.1 Å². The molecule has 7 rings (SSSR count). The van der Waals surface area contributed by atoms with Crippen molar-refractivity contribution in [2.45, 2.75) is 31.5 Å². The van der Waals surface area contributed by atoms with E-state index in [-0.39, 0.29) is 17.6 Å². The highest BCUT2D eigenvalue weighted by Crippen LogP contribution is 2.51. The Balaban J connectivity index is 1.31. The predicted molar refractivity (Wildman–Crippen MR) is 174 cm³/mol. The van der Waals surface area contributed by atoms with Crippen LogP contribution >= 0.6 is 0 Å². The van der Waals surface area contributed by atoms with Gasteiger partial charge in [-0.15, -0.1) is 0 Å². The lowest BCUT2D eigenvalue weighted by molar-refractivity contribution is 0.509. The summed E-state index contributed by atoms with van der Waals surface area (Å²) in [7, 11) is 0. The molecule has 0 radical (unpaired) electrons. The third-order valence-electron chi connectivity index (χ3n) is 8.73. The minimum Gasteiger partial charge on any atom is -0.381 e. The Bertz CT molecular complexity index is 1810. The van der Waals surface area contributed by atoms with Crippen LogP contribution < -0.4 is 16.4 Å². The molecule has 0 amide bonds. The number of hydrogen-bond donors (Lipinski definition) is 3. The van der Waals surface area contributed by atoms with Crippen molar-refractivity contribution in [3.63, 3.8) is 0 Å². The molecule has 41 heavy (non-hydrogen) atoms. The molecule has 3 nitrogen and oxygen atoms in total. The number of rotatable bonds is 6. The third kappa shape index (κ3) is 4.58. The maximum atomic E-state index is 6.71. The molecule has 1 aliphatic heterocycles. The number of nitrogens with two attached hydrogens (primary N) is 1. The first kappa shape index (κ1) is 25.5. The minimum atomic E-state index is -0.303. The van der Waals surface area contributed by atoms with Crippen LogP contribution in [-0.2, 0) is 5.41 Å². The molecule has 0 aromatic heterocycles. The van der Waals surface area contributed by atoms with Gasteiger partial charge in [0, 0.05) is 17.6 Å². The van der Waals surface area contributed by atoms with Gasteiger partial charge >= 0.3 is 0 Å². The van der Waals surface area contributed by atoms with E-state index in [9.17, 15) is 0 Å². The maximum absolute atomic E-state index is 6.71. The second kappa shape index (κ2) is 10.2. The summed E-state index contributed by atoms with van der Waals surface area (Å²) in [6, 6.07) is 37.0. The quantitative estimate of drug-likeness (QED) is 0.192. The topological polar surface area (TPSA) is 50.1 Å². The Hall–Kier alpha value is -4.44. The van der Waals surface area contributed by atoms with Crippen molar-refractivity contribution < 1.29 is 0 Å². The lowest BCUT2D eigenvalue weighted by atomic mass is 9.81. The van der Waals surface area contributed by atoms with Crippen LogP contribution in [0.3, 0.4) is 0 Å². The van der Waals surface area contributed by atoms with E-state index < -0.39 is 0 Å². The number of anilines is 1. The molecule has 0 spiro atoms. The summed E-state index contributed by atoms with van der Waals surface area (Å²) < 4.78 is 0. The largest absolute Gasteiger partial charge is 0.381 e. The number of nitrogens with one attached hydrogen (secondary N) is 2. The fourth-order valence-electron chi connectivity index (χ4n) is 6.48. The predicted octanol–water partition coefficient (Wildman–Crippen LogP) is 8.59. The minimum absolute atomic E-state index is 0.0658. The lowest BCUT2D eigenvalue weighted by Crippen LogP contribution is -2.31. The van der Waals surface area contributed by atoms with Crippen LogP contribution in [0.4, 0.5) is 5.69 Å². The molecule has 0 saturated carbocycles. The molecular weight excluding hydrogens is 498 g/mol. The summed E-state index contributed by atoms with van der Waals surface area (Å²) in [5.74, 6) is 0. The number of benzene rings is 5. The summed E-state index contributed by atoms with van der Waals surface area (Å²) in [5.41, 5.74) is 17.9. The van der Waals surface area contributed by atoms with E-state index in [1.165, 1.54) is 55.4 Å². The standard InChI is InChI=1S/C38H35N3/c1-38(2)32-16-8-14-25(36(32)31-23-27-12-6-7-13-28(27)24-33(31)38)17-20-35(41-37(39)26-10-4-3-5-11-26)30-18-19-34-29(22-30)15-9-21-40-34/h3-20,22-24,35,37,40-41H,21,39H2,1-2H3/b20-17+. The Morgan fingerprint density at radius 1 is 0.805 bits per heavy atom. The zero-order chi connectivity index (χ0) is 28.0. The summed E-state index contributed by atoms with van der Waals surface area (Å²) in [6.07, 6.45) is 8.61. The molecule has 3 heteroatoms. The lowest BCUT2D eigenvalue weighted by Gasteiger charge is -2.23. The first-order chi connectivity index (χ1) is 20.0.